The van der Waals surface area contributed by atoms with Gasteiger partial charge >= 0.3 is 0 Å². The molecule has 0 atom stereocenters. The van der Waals surface area contributed by atoms with E-state index in [9.17, 15) is 9.59 Å². The van der Waals surface area contributed by atoms with Gasteiger partial charge in [-0.2, -0.15) is 0 Å². The van der Waals surface area contributed by atoms with E-state index in [1.165, 1.54) is 24.7 Å². The lowest BCUT2D eigenvalue weighted by molar-refractivity contribution is 0.101. The van der Waals surface area contributed by atoms with Crippen molar-refractivity contribution in [2.24, 2.45) is 0 Å². The molecule has 0 aromatic carbocycles. The molecule has 3 rings (SSSR count). The molecule has 2 aromatic rings. The van der Waals surface area contributed by atoms with Crippen molar-refractivity contribution in [2.45, 2.75) is 26.2 Å². The van der Waals surface area contributed by atoms with Crippen LogP contribution in [0.5, 0.6) is 0 Å². The van der Waals surface area contributed by atoms with Gasteiger partial charge in [0.15, 0.2) is 17.3 Å². The number of hydrogen-bond donors (Lipinski definition) is 0. The predicted molar refractivity (Wildman–Crippen MR) is 76.4 cm³/mol. The fourth-order valence-corrected chi connectivity index (χ4v) is 3.39. The molecule has 0 saturated carbocycles. The van der Waals surface area contributed by atoms with Gasteiger partial charge in [0.2, 0.25) is 5.43 Å². The van der Waals surface area contributed by atoms with Crippen LogP contribution in [-0.2, 0) is 0 Å². The van der Waals surface area contributed by atoms with Crippen LogP contribution >= 0.6 is 11.3 Å². The van der Waals surface area contributed by atoms with E-state index < -0.39 is 0 Å². The molecule has 0 unspecified atom stereocenters. The Bertz CT molecular complexity index is 680. The smallest absolute Gasteiger partial charge is 0.204 e. The van der Waals surface area contributed by atoms with E-state index in [0.717, 1.165) is 25.9 Å². The number of rotatable bonds is 2. The maximum atomic E-state index is 12.1. The van der Waals surface area contributed by atoms with Crippen LogP contribution in [0.4, 0.5) is 5.88 Å². The lowest BCUT2D eigenvalue weighted by atomic mass is 10.1. The summed E-state index contributed by atoms with van der Waals surface area (Å²) in [5.74, 6) is 0.531. The van der Waals surface area contributed by atoms with Crippen molar-refractivity contribution in [1.82, 2.24) is 0 Å². The maximum absolute atomic E-state index is 12.1. The normalized spacial score (nSPS) is 15.9. The topological polar surface area (TPSA) is 50.5 Å². The lowest BCUT2D eigenvalue weighted by Gasteiger charge is -2.26. The quantitative estimate of drug-likeness (QED) is 0.792. The molecule has 0 aliphatic carbocycles. The van der Waals surface area contributed by atoms with Crippen molar-refractivity contribution in [3.05, 3.63) is 27.2 Å². The summed E-state index contributed by atoms with van der Waals surface area (Å²) in [5.41, 5.74) is 0.904. The number of nitrogens with zero attached hydrogens (tertiary/aromatic N) is 1. The lowest BCUT2D eigenvalue weighted by Crippen LogP contribution is -2.30. The molecule has 0 amide bonds. The molecule has 100 valence electrons. The molecule has 4 nitrogen and oxygen atoms in total. The molecule has 1 saturated heterocycles. The molecule has 3 heterocycles. The van der Waals surface area contributed by atoms with Gasteiger partial charge in [0.05, 0.1) is 5.56 Å². The van der Waals surface area contributed by atoms with Gasteiger partial charge in [-0.3, -0.25) is 9.59 Å². The van der Waals surface area contributed by atoms with Gasteiger partial charge in [0.25, 0.3) is 0 Å². The van der Waals surface area contributed by atoms with Crippen molar-refractivity contribution < 1.29 is 9.21 Å². The highest BCUT2D eigenvalue weighted by Crippen LogP contribution is 2.28. The average Bonchev–Trinajstić information content (AvgIpc) is 2.84. The number of carbonyl (C=O) groups is 1. The molecule has 1 aliphatic rings. The Morgan fingerprint density at radius 3 is 2.74 bits per heavy atom. The Hall–Kier alpha value is -1.62. The molecule has 0 bridgehead atoms. The van der Waals surface area contributed by atoms with Crippen LogP contribution in [0.3, 0.4) is 0 Å². The molecule has 5 heteroatoms. The van der Waals surface area contributed by atoms with Crippen LogP contribution in [0.1, 0.15) is 36.5 Å². The average molecular weight is 277 g/mol. The number of hydrogen-bond acceptors (Lipinski definition) is 5. The highest BCUT2D eigenvalue weighted by atomic mass is 32.1. The highest BCUT2D eigenvalue weighted by molar-refractivity contribution is 7.17. The SMILES string of the molecule is CC(=O)c1csc2c(=O)cc(N3CCCCC3)oc12. The summed E-state index contributed by atoms with van der Waals surface area (Å²) in [6, 6.07) is 1.55. The van der Waals surface area contributed by atoms with E-state index in [2.05, 4.69) is 4.90 Å². The van der Waals surface area contributed by atoms with E-state index in [1.807, 2.05) is 0 Å². The molecular weight excluding hydrogens is 262 g/mol. The Balaban J connectivity index is 2.13. The van der Waals surface area contributed by atoms with E-state index >= 15 is 0 Å². The molecular formula is C14H15NO3S. The van der Waals surface area contributed by atoms with Gasteiger partial charge in [0.1, 0.15) is 4.70 Å². The van der Waals surface area contributed by atoms with Crippen LogP contribution in [-0.4, -0.2) is 18.9 Å². The second-order valence-corrected chi connectivity index (χ2v) is 5.74. The van der Waals surface area contributed by atoms with E-state index in [1.54, 1.807) is 11.4 Å². The first-order valence-corrected chi connectivity index (χ1v) is 7.36. The molecule has 0 radical (unpaired) electrons. The molecule has 1 aliphatic heterocycles. The first kappa shape index (κ1) is 12.4. The highest BCUT2D eigenvalue weighted by Gasteiger charge is 2.18. The van der Waals surface area contributed by atoms with E-state index in [-0.39, 0.29) is 11.2 Å². The predicted octanol–water partition coefficient (Wildman–Crippen LogP) is 3.05. The monoisotopic (exact) mass is 277 g/mol. The van der Waals surface area contributed by atoms with Crippen molar-refractivity contribution in [2.75, 3.05) is 18.0 Å². The second kappa shape index (κ2) is 4.81. The number of fused-ring (bicyclic) bond motifs is 1. The number of thiophene rings is 1. The van der Waals surface area contributed by atoms with Gasteiger partial charge in [-0.05, 0) is 26.2 Å². The van der Waals surface area contributed by atoms with Crippen LogP contribution in [0.15, 0.2) is 20.7 Å². The minimum Gasteiger partial charge on any atom is -0.439 e. The zero-order valence-corrected chi connectivity index (χ0v) is 11.6. The Morgan fingerprint density at radius 1 is 1.32 bits per heavy atom. The summed E-state index contributed by atoms with van der Waals surface area (Å²) in [6.45, 7) is 3.32. The molecule has 0 N–H and O–H groups in total. The van der Waals surface area contributed by atoms with Gasteiger partial charge in [-0.15, -0.1) is 11.3 Å². The van der Waals surface area contributed by atoms with Crippen molar-refractivity contribution >= 4 is 33.3 Å². The number of piperidine rings is 1. The zero-order valence-electron chi connectivity index (χ0n) is 10.8. The standard InChI is InChI=1S/C14H15NO3S/c1-9(16)10-8-19-14-11(17)7-12(18-13(10)14)15-5-3-2-4-6-15/h7-8H,2-6H2,1H3. The van der Waals surface area contributed by atoms with Crippen molar-refractivity contribution in [3.63, 3.8) is 0 Å². The van der Waals surface area contributed by atoms with Crippen LogP contribution in [0.25, 0.3) is 10.3 Å². The van der Waals surface area contributed by atoms with E-state index in [0.29, 0.717) is 21.7 Å². The summed E-state index contributed by atoms with van der Waals surface area (Å²) >= 11 is 1.28. The third-order valence-electron chi connectivity index (χ3n) is 3.48. The Morgan fingerprint density at radius 2 is 2.05 bits per heavy atom. The molecule has 1 fully saturated rings. The summed E-state index contributed by atoms with van der Waals surface area (Å²) in [4.78, 5) is 25.7. The second-order valence-electron chi connectivity index (χ2n) is 4.86. The zero-order chi connectivity index (χ0) is 13.4. The third kappa shape index (κ3) is 2.18. The summed E-state index contributed by atoms with van der Waals surface area (Å²) in [5, 5.41) is 1.71. The van der Waals surface area contributed by atoms with Gasteiger partial charge in [0, 0.05) is 24.5 Å². The Labute approximate surface area is 114 Å². The van der Waals surface area contributed by atoms with Crippen molar-refractivity contribution in [1.29, 1.82) is 0 Å². The largest absolute Gasteiger partial charge is 0.439 e. The fraction of sp³-hybridized carbons (Fsp3) is 0.429. The van der Waals surface area contributed by atoms with Crippen LogP contribution in [0, 0.1) is 0 Å². The minimum atomic E-state index is -0.0646. The first-order valence-electron chi connectivity index (χ1n) is 6.48. The Kier molecular flexibility index (Phi) is 3.14. The molecule has 2 aromatic heterocycles. The summed E-state index contributed by atoms with van der Waals surface area (Å²) in [7, 11) is 0. The number of ketones is 1. The van der Waals surface area contributed by atoms with Crippen LogP contribution in [0.2, 0.25) is 0 Å². The molecule has 19 heavy (non-hydrogen) atoms. The van der Waals surface area contributed by atoms with Crippen molar-refractivity contribution in [3.8, 4) is 0 Å². The number of anilines is 1. The van der Waals surface area contributed by atoms with Gasteiger partial charge in [-0.25, -0.2) is 0 Å². The maximum Gasteiger partial charge on any atom is 0.204 e. The number of carbonyl (C=O) groups excluding carboxylic acids is 1. The summed E-state index contributed by atoms with van der Waals surface area (Å²) < 4.78 is 6.36. The van der Waals surface area contributed by atoms with Gasteiger partial charge < -0.3 is 9.32 Å². The van der Waals surface area contributed by atoms with Gasteiger partial charge in [-0.1, -0.05) is 0 Å². The third-order valence-corrected chi connectivity index (χ3v) is 4.45. The number of Topliss-reactive ketones (excluding diaryl/α,β-unsaturated/α-hetero) is 1. The first-order chi connectivity index (χ1) is 9.16. The van der Waals surface area contributed by atoms with Crippen LogP contribution < -0.4 is 10.3 Å². The van der Waals surface area contributed by atoms with E-state index in [4.69, 9.17) is 4.42 Å². The fourth-order valence-electron chi connectivity index (χ4n) is 2.44. The molecule has 0 spiro atoms. The summed E-state index contributed by atoms with van der Waals surface area (Å²) in [6.07, 6.45) is 3.45. The minimum absolute atomic E-state index is 0.0562.